The predicted octanol–water partition coefficient (Wildman–Crippen LogP) is 2.76. The lowest BCUT2D eigenvalue weighted by molar-refractivity contribution is 0.233. The van der Waals surface area contributed by atoms with Crippen LogP contribution in [0.25, 0.3) is 0 Å². The molecule has 9 heteroatoms. The molecule has 30 heavy (non-hydrogen) atoms. The quantitative estimate of drug-likeness (QED) is 0.804. The molecular formula is C21H24FN3O4S. The fraction of sp³-hybridized carbons (Fsp3) is 0.381. The van der Waals surface area contributed by atoms with Crippen LogP contribution < -0.4 is 15.0 Å². The van der Waals surface area contributed by atoms with Crippen molar-refractivity contribution in [1.82, 2.24) is 9.62 Å². The van der Waals surface area contributed by atoms with E-state index in [4.69, 9.17) is 4.74 Å². The van der Waals surface area contributed by atoms with E-state index in [1.165, 1.54) is 35.7 Å². The van der Waals surface area contributed by atoms with Crippen molar-refractivity contribution in [3.63, 3.8) is 0 Å². The number of hydrogen-bond acceptors (Lipinski definition) is 4. The van der Waals surface area contributed by atoms with Gasteiger partial charge in [0.15, 0.2) is 0 Å². The number of nitrogens with zero attached hydrogens (tertiary/aromatic N) is 2. The first-order valence-electron chi connectivity index (χ1n) is 9.89. The Labute approximate surface area is 175 Å². The molecule has 4 rings (SSSR count). The van der Waals surface area contributed by atoms with Crippen LogP contribution in [0.1, 0.15) is 18.4 Å². The first kappa shape index (κ1) is 20.6. The first-order valence-corrected chi connectivity index (χ1v) is 11.3. The van der Waals surface area contributed by atoms with Gasteiger partial charge in [-0.05, 0) is 67.3 Å². The van der Waals surface area contributed by atoms with Gasteiger partial charge in [0, 0.05) is 31.4 Å². The number of urea groups is 1. The van der Waals surface area contributed by atoms with Gasteiger partial charge < -0.3 is 10.1 Å². The zero-order valence-electron chi connectivity index (χ0n) is 16.7. The van der Waals surface area contributed by atoms with Gasteiger partial charge in [0.05, 0.1) is 12.0 Å². The summed E-state index contributed by atoms with van der Waals surface area (Å²) >= 11 is 0. The van der Waals surface area contributed by atoms with Crippen LogP contribution in [-0.2, 0) is 16.4 Å². The van der Waals surface area contributed by atoms with Crippen LogP contribution in [0.5, 0.6) is 5.75 Å². The van der Waals surface area contributed by atoms with Crippen molar-refractivity contribution in [2.24, 2.45) is 0 Å². The molecule has 0 radical (unpaired) electrons. The number of amides is 2. The number of methoxy groups -OCH3 is 1. The third kappa shape index (κ3) is 3.99. The van der Waals surface area contributed by atoms with Crippen LogP contribution in [0, 0.1) is 5.82 Å². The Balaban J connectivity index is 1.35. The highest BCUT2D eigenvalue weighted by atomic mass is 32.2. The minimum atomic E-state index is -3.58. The smallest absolute Gasteiger partial charge is 0.322 e. The molecule has 0 aliphatic carbocycles. The van der Waals surface area contributed by atoms with E-state index in [1.807, 2.05) is 0 Å². The molecule has 1 N–H and O–H groups in total. The third-order valence-electron chi connectivity index (χ3n) is 5.66. The van der Waals surface area contributed by atoms with Gasteiger partial charge in [-0.25, -0.2) is 17.6 Å². The Bertz CT molecular complexity index is 1030. The molecule has 0 saturated carbocycles. The summed E-state index contributed by atoms with van der Waals surface area (Å²) in [6.07, 6.45) is 1.69. The molecule has 2 aliphatic heterocycles. The first-order chi connectivity index (χ1) is 14.4. The van der Waals surface area contributed by atoms with Gasteiger partial charge in [0.1, 0.15) is 11.6 Å². The molecule has 0 unspecified atom stereocenters. The van der Waals surface area contributed by atoms with Crippen LogP contribution in [-0.4, -0.2) is 51.5 Å². The van der Waals surface area contributed by atoms with E-state index in [1.54, 1.807) is 23.1 Å². The lowest BCUT2D eigenvalue weighted by Crippen LogP contribution is -2.50. The molecule has 2 aromatic carbocycles. The normalized spacial score (nSPS) is 17.6. The summed E-state index contributed by atoms with van der Waals surface area (Å²) < 4.78 is 45.6. The van der Waals surface area contributed by atoms with Gasteiger partial charge in [-0.2, -0.15) is 4.31 Å². The topological polar surface area (TPSA) is 79.0 Å². The average molecular weight is 434 g/mol. The summed E-state index contributed by atoms with van der Waals surface area (Å²) in [5.74, 6) is 0.294. The molecule has 0 spiro atoms. The van der Waals surface area contributed by atoms with Crippen molar-refractivity contribution in [3.8, 4) is 5.75 Å². The molecular weight excluding hydrogens is 409 g/mol. The number of piperidine rings is 1. The molecule has 2 heterocycles. The summed E-state index contributed by atoms with van der Waals surface area (Å²) in [6.45, 7) is 1.18. The number of rotatable bonds is 4. The molecule has 2 amide bonds. The van der Waals surface area contributed by atoms with Gasteiger partial charge in [0.2, 0.25) is 10.0 Å². The molecule has 0 aromatic heterocycles. The summed E-state index contributed by atoms with van der Waals surface area (Å²) in [5, 5.41) is 3.00. The van der Waals surface area contributed by atoms with Crippen molar-refractivity contribution >= 4 is 21.7 Å². The second-order valence-corrected chi connectivity index (χ2v) is 9.42. The Hall–Kier alpha value is -2.65. The summed E-state index contributed by atoms with van der Waals surface area (Å²) in [7, 11) is -2.05. The van der Waals surface area contributed by atoms with Gasteiger partial charge in [-0.1, -0.05) is 0 Å². The van der Waals surface area contributed by atoms with Crippen molar-refractivity contribution in [1.29, 1.82) is 0 Å². The van der Waals surface area contributed by atoms with Gasteiger partial charge in [-0.3, -0.25) is 4.90 Å². The highest BCUT2D eigenvalue weighted by Crippen LogP contribution is 2.29. The SMILES string of the molecule is COc1ccc(S(=O)(=O)N2CCC(NC(=O)N3CCc4cc(F)ccc43)CC2)cc1. The second-order valence-electron chi connectivity index (χ2n) is 7.48. The maximum atomic E-state index is 13.4. The molecule has 160 valence electrons. The fourth-order valence-electron chi connectivity index (χ4n) is 3.97. The lowest BCUT2D eigenvalue weighted by Gasteiger charge is -2.32. The van der Waals surface area contributed by atoms with Gasteiger partial charge >= 0.3 is 6.03 Å². The minimum absolute atomic E-state index is 0.107. The number of carbonyl (C=O) groups excluding carboxylic acids is 1. The van der Waals surface area contributed by atoms with Gasteiger partial charge in [-0.15, -0.1) is 0 Å². The largest absolute Gasteiger partial charge is 0.497 e. The van der Waals surface area contributed by atoms with Crippen LogP contribution in [0.3, 0.4) is 0 Å². The van der Waals surface area contributed by atoms with Crippen molar-refractivity contribution in [2.75, 3.05) is 31.6 Å². The maximum absolute atomic E-state index is 13.4. The average Bonchev–Trinajstić information content (AvgIpc) is 3.17. The van der Waals surface area contributed by atoms with Crippen LogP contribution in [0.15, 0.2) is 47.4 Å². The fourth-order valence-corrected chi connectivity index (χ4v) is 5.44. The molecule has 1 fully saturated rings. The Morgan fingerprint density at radius 3 is 2.47 bits per heavy atom. The van der Waals surface area contributed by atoms with Crippen LogP contribution in [0.2, 0.25) is 0 Å². The third-order valence-corrected chi connectivity index (χ3v) is 7.57. The van der Waals surface area contributed by atoms with E-state index in [9.17, 15) is 17.6 Å². The molecule has 7 nitrogen and oxygen atoms in total. The number of anilines is 1. The summed E-state index contributed by atoms with van der Waals surface area (Å²) in [6, 6.07) is 10.4. The minimum Gasteiger partial charge on any atom is -0.497 e. The highest BCUT2D eigenvalue weighted by molar-refractivity contribution is 7.89. The maximum Gasteiger partial charge on any atom is 0.322 e. The van der Waals surface area contributed by atoms with Crippen molar-refractivity contribution in [3.05, 3.63) is 53.8 Å². The number of hydrogen-bond donors (Lipinski definition) is 1. The molecule has 2 aliphatic rings. The number of ether oxygens (including phenoxy) is 1. The standard InChI is InChI=1S/C21H24FN3O4S/c1-29-18-3-5-19(6-4-18)30(27,28)24-11-9-17(10-12-24)23-21(26)25-13-8-15-14-16(22)2-7-20(15)25/h2-7,14,17H,8-13H2,1H3,(H,23,26). The zero-order chi connectivity index (χ0) is 21.3. The molecule has 1 saturated heterocycles. The highest BCUT2D eigenvalue weighted by Gasteiger charge is 2.32. The number of fused-ring (bicyclic) bond motifs is 1. The van der Waals surface area contributed by atoms with Gasteiger partial charge in [0.25, 0.3) is 0 Å². The monoisotopic (exact) mass is 433 g/mol. The Kier molecular flexibility index (Phi) is 5.66. The number of benzene rings is 2. The summed E-state index contributed by atoms with van der Waals surface area (Å²) in [5.41, 5.74) is 1.55. The van der Waals surface area contributed by atoms with Crippen molar-refractivity contribution in [2.45, 2.75) is 30.2 Å². The predicted molar refractivity (Wildman–Crippen MR) is 111 cm³/mol. The number of carbonyl (C=O) groups is 1. The molecule has 2 aromatic rings. The van der Waals surface area contributed by atoms with E-state index in [0.29, 0.717) is 44.6 Å². The van der Waals surface area contributed by atoms with E-state index in [2.05, 4.69) is 5.32 Å². The molecule has 0 bridgehead atoms. The molecule has 0 atom stereocenters. The number of nitrogens with one attached hydrogen (secondary N) is 1. The van der Waals surface area contributed by atoms with E-state index >= 15 is 0 Å². The zero-order valence-corrected chi connectivity index (χ0v) is 17.5. The summed E-state index contributed by atoms with van der Waals surface area (Å²) in [4.78, 5) is 14.5. The Morgan fingerprint density at radius 1 is 1.10 bits per heavy atom. The van der Waals surface area contributed by atoms with Crippen LogP contribution in [0.4, 0.5) is 14.9 Å². The number of halogens is 1. The Morgan fingerprint density at radius 2 is 1.80 bits per heavy atom. The number of sulfonamides is 1. The van der Waals surface area contributed by atoms with E-state index < -0.39 is 10.0 Å². The van der Waals surface area contributed by atoms with Crippen molar-refractivity contribution < 1.29 is 22.3 Å². The van der Waals surface area contributed by atoms with Crippen LogP contribution >= 0.6 is 0 Å². The lowest BCUT2D eigenvalue weighted by atomic mass is 10.1. The second kappa shape index (κ2) is 8.23. The van der Waals surface area contributed by atoms with E-state index in [0.717, 1.165) is 11.3 Å². The van der Waals surface area contributed by atoms with E-state index in [-0.39, 0.29) is 22.8 Å².